The van der Waals surface area contributed by atoms with Gasteiger partial charge < -0.3 is 15.9 Å². The Morgan fingerprint density at radius 1 is 1.50 bits per heavy atom. The highest BCUT2D eigenvalue weighted by atomic mass is 32.1. The molecule has 0 aliphatic heterocycles. The lowest BCUT2D eigenvalue weighted by Crippen LogP contribution is -2.19. The van der Waals surface area contributed by atoms with Gasteiger partial charge in [-0.3, -0.25) is 10.1 Å². The molecule has 0 aliphatic carbocycles. The summed E-state index contributed by atoms with van der Waals surface area (Å²) in [5, 5.41) is 30.4. The lowest BCUT2D eigenvalue weighted by atomic mass is 9.99. The van der Waals surface area contributed by atoms with Crippen molar-refractivity contribution in [1.29, 1.82) is 0 Å². The van der Waals surface area contributed by atoms with Crippen LogP contribution in [0.2, 0.25) is 0 Å². The second-order valence-electron chi connectivity index (χ2n) is 4.05. The van der Waals surface area contributed by atoms with Crippen LogP contribution in [0.5, 0.6) is 0 Å². The lowest BCUT2D eigenvalue weighted by molar-refractivity contribution is -0.384. The number of benzene rings is 1. The van der Waals surface area contributed by atoms with E-state index in [1.165, 1.54) is 12.1 Å². The molecular formula is C11H16N2O4S. The van der Waals surface area contributed by atoms with Crippen LogP contribution < -0.4 is 5.73 Å². The number of thiol groups is 1. The third kappa shape index (κ3) is 3.12. The van der Waals surface area contributed by atoms with Crippen molar-refractivity contribution in [3.05, 3.63) is 33.4 Å². The summed E-state index contributed by atoms with van der Waals surface area (Å²) in [5.41, 5.74) is 6.17. The van der Waals surface area contributed by atoms with Gasteiger partial charge in [-0.2, -0.15) is 12.6 Å². The second-order valence-corrected chi connectivity index (χ2v) is 4.50. The van der Waals surface area contributed by atoms with Gasteiger partial charge in [0.1, 0.15) is 11.8 Å². The number of nitro benzene ring substituents is 1. The Kier molecular flexibility index (Phi) is 4.94. The van der Waals surface area contributed by atoms with E-state index in [0.717, 1.165) is 0 Å². The molecule has 7 heteroatoms. The van der Waals surface area contributed by atoms with E-state index in [1.54, 1.807) is 6.92 Å². The largest absolute Gasteiger partial charge is 0.393 e. The molecule has 0 radical (unpaired) electrons. The first kappa shape index (κ1) is 14.7. The molecule has 0 saturated heterocycles. The number of hydrogen-bond acceptors (Lipinski definition) is 6. The SMILES string of the molecule is Cc1cc(C(O)C(O)CCS)cc([N+](=O)[O-])c1N. The lowest BCUT2D eigenvalue weighted by Gasteiger charge is -2.18. The van der Waals surface area contributed by atoms with Gasteiger partial charge in [0.2, 0.25) is 0 Å². The standard InChI is InChI=1S/C11H16N2O4S/c1-6-4-7(11(15)9(14)2-3-18)5-8(10(6)12)13(16)17/h4-5,9,11,14-15,18H,2-3,12H2,1H3. The minimum absolute atomic E-state index is 0.0691. The summed E-state index contributed by atoms with van der Waals surface area (Å²) in [6.45, 7) is 1.61. The van der Waals surface area contributed by atoms with Crippen LogP contribution in [0.15, 0.2) is 12.1 Å². The third-order valence-electron chi connectivity index (χ3n) is 2.71. The third-order valence-corrected chi connectivity index (χ3v) is 2.97. The van der Waals surface area contributed by atoms with Gasteiger partial charge in [-0.05, 0) is 30.2 Å². The summed E-state index contributed by atoms with van der Waals surface area (Å²) < 4.78 is 0. The van der Waals surface area contributed by atoms with Crippen molar-refractivity contribution in [2.24, 2.45) is 0 Å². The number of hydrogen-bond donors (Lipinski definition) is 4. The molecule has 6 nitrogen and oxygen atoms in total. The first-order chi connectivity index (χ1) is 8.38. The van der Waals surface area contributed by atoms with Crippen molar-refractivity contribution in [1.82, 2.24) is 0 Å². The molecule has 0 aliphatic rings. The molecule has 0 spiro atoms. The predicted molar refractivity (Wildman–Crippen MR) is 71.7 cm³/mol. The Bertz CT molecular complexity index is 453. The van der Waals surface area contributed by atoms with Gasteiger partial charge in [0.25, 0.3) is 5.69 Å². The molecule has 0 amide bonds. The van der Waals surface area contributed by atoms with Gasteiger partial charge in [-0.25, -0.2) is 0 Å². The molecule has 2 unspecified atom stereocenters. The number of anilines is 1. The van der Waals surface area contributed by atoms with Gasteiger partial charge in [0.05, 0.1) is 11.0 Å². The van der Waals surface area contributed by atoms with E-state index in [-0.39, 0.29) is 16.9 Å². The van der Waals surface area contributed by atoms with Gasteiger partial charge in [-0.15, -0.1) is 0 Å². The first-order valence-electron chi connectivity index (χ1n) is 5.40. The van der Waals surface area contributed by atoms with E-state index in [4.69, 9.17) is 5.73 Å². The number of rotatable bonds is 5. The maximum atomic E-state index is 10.8. The highest BCUT2D eigenvalue weighted by Gasteiger charge is 2.22. The molecule has 2 atom stereocenters. The van der Waals surface area contributed by atoms with Crippen LogP contribution in [0.3, 0.4) is 0 Å². The highest BCUT2D eigenvalue weighted by molar-refractivity contribution is 7.80. The maximum absolute atomic E-state index is 10.8. The topological polar surface area (TPSA) is 110 Å². The summed E-state index contributed by atoms with van der Waals surface area (Å²) >= 11 is 3.96. The Morgan fingerprint density at radius 2 is 2.11 bits per heavy atom. The van der Waals surface area contributed by atoms with Crippen molar-refractivity contribution >= 4 is 24.0 Å². The van der Waals surface area contributed by atoms with E-state index < -0.39 is 17.1 Å². The quantitative estimate of drug-likeness (QED) is 0.279. The zero-order valence-corrected chi connectivity index (χ0v) is 10.8. The summed E-state index contributed by atoms with van der Waals surface area (Å²) in [6.07, 6.45) is -1.90. The van der Waals surface area contributed by atoms with Crippen LogP contribution in [0, 0.1) is 17.0 Å². The summed E-state index contributed by atoms with van der Waals surface area (Å²) in [7, 11) is 0. The fraction of sp³-hybridized carbons (Fsp3) is 0.455. The molecule has 4 N–H and O–H groups in total. The summed E-state index contributed by atoms with van der Waals surface area (Å²) in [6, 6.07) is 2.73. The van der Waals surface area contributed by atoms with Crippen LogP contribution in [-0.4, -0.2) is 27.0 Å². The van der Waals surface area contributed by atoms with Gasteiger partial charge in [-0.1, -0.05) is 6.07 Å². The Hall–Kier alpha value is -1.31. The minimum Gasteiger partial charge on any atom is -0.393 e. The Balaban J connectivity index is 3.14. The molecular weight excluding hydrogens is 256 g/mol. The molecule has 18 heavy (non-hydrogen) atoms. The van der Waals surface area contributed by atoms with Gasteiger partial charge in [0.15, 0.2) is 0 Å². The van der Waals surface area contributed by atoms with E-state index in [1.807, 2.05) is 0 Å². The molecule has 100 valence electrons. The van der Waals surface area contributed by atoms with Crippen molar-refractivity contribution < 1.29 is 15.1 Å². The molecule has 0 aromatic heterocycles. The fourth-order valence-electron chi connectivity index (χ4n) is 1.64. The van der Waals surface area contributed by atoms with Crippen LogP contribution in [0.25, 0.3) is 0 Å². The van der Waals surface area contributed by atoms with E-state index >= 15 is 0 Å². The summed E-state index contributed by atoms with van der Waals surface area (Å²) in [5.74, 6) is 0.411. The number of nitrogens with two attached hydrogens (primary N) is 1. The van der Waals surface area contributed by atoms with Crippen LogP contribution >= 0.6 is 12.6 Å². The number of aryl methyl sites for hydroxylation is 1. The average Bonchev–Trinajstić information content (AvgIpc) is 2.31. The number of aliphatic hydroxyl groups excluding tert-OH is 2. The smallest absolute Gasteiger partial charge is 0.292 e. The van der Waals surface area contributed by atoms with E-state index in [9.17, 15) is 20.3 Å². The monoisotopic (exact) mass is 272 g/mol. The average molecular weight is 272 g/mol. The van der Waals surface area contributed by atoms with Crippen molar-refractivity contribution in [2.45, 2.75) is 25.6 Å². The molecule has 1 aromatic rings. The van der Waals surface area contributed by atoms with Gasteiger partial charge in [0, 0.05) is 6.07 Å². The summed E-state index contributed by atoms with van der Waals surface area (Å²) in [4.78, 5) is 10.2. The van der Waals surface area contributed by atoms with E-state index in [0.29, 0.717) is 17.7 Å². The zero-order valence-electron chi connectivity index (χ0n) is 9.91. The van der Waals surface area contributed by atoms with Crippen LogP contribution in [0.4, 0.5) is 11.4 Å². The Morgan fingerprint density at radius 3 is 2.61 bits per heavy atom. The second kappa shape index (κ2) is 6.03. The van der Waals surface area contributed by atoms with Crippen LogP contribution in [0.1, 0.15) is 23.7 Å². The van der Waals surface area contributed by atoms with E-state index in [2.05, 4.69) is 12.6 Å². The molecule has 1 aromatic carbocycles. The first-order valence-corrected chi connectivity index (χ1v) is 6.03. The minimum atomic E-state index is -1.19. The predicted octanol–water partition coefficient (Wildman–Crippen LogP) is 1.20. The van der Waals surface area contributed by atoms with Crippen molar-refractivity contribution in [3.8, 4) is 0 Å². The molecule has 0 saturated carbocycles. The molecule has 0 heterocycles. The molecule has 0 bridgehead atoms. The molecule has 1 rings (SSSR count). The van der Waals surface area contributed by atoms with Crippen LogP contribution in [-0.2, 0) is 0 Å². The number of nitrogen functional groups attached to an aromatic ring is 1. The molecule has 0 fully saturated rings. The number of nitrogens with zero attached hydrogens (tertiary/aromatic N) is 1. The number of nitro groups is 1. The zero-order chi connectivity index (χ0) is 13.9. The Labute approximate surface area is 110 Å². The van der Waals surface area contributed by atoms with Crippen molar-refractivity contribution in [3.63, 3.8) is 0 Å². The normalized spacial score (nSPS) is 14.2. The highest BCUT2D eigenvalue weighted by Crippen LogP contribution is 2.30. The number of aliphatic hydroxyl groups is 2. The fourth-order valence-corrected chi connectivity index (χ4v) is 1.91. The van der Waals surface area contributed by atoms with Gasteiger partial charge >= 0.3 is 0 Å². The maximum Gasteiger partial charge on any atom is 0.292 e. The van der Waals surface area contributed by atoms with Crippen molar-refractivity contribution in [2.75, 3.05) is 11.5 Å².